The lowest BCUT2D eigenvalue weighted by molar-refractivity contribution is -0.133. The Kier molecular flexibility index (Phi) is 5.27. The number of allylic oxidation sites excluding steroid dienone is 2. The molecule has 24 heavy (non-hydrogen) atoms. The zero-order valence-corrected chi connectivity index (χ0v) is 15.0. The Morgan fingerprint density at radius 1 is 1.21 bits per heavy atom. The topological polar surface area (TPSA) is 57.7 Å². The molecule has 1 aliphatic carbocycles. The molecular weight excluding hydrogens is 348 g/mol. The standard InChI is InChI=1S/C17H21ClN2O3S/c18-15-6-3-7-16(13-15)24(22,23)20-10-8-19(9-11-20)17(21)12-14-4-1-2-5-14/h1,3-4,6-7,13-14H,2,5,8-12H2. The van der Waals surface area contributed by atoms with Gasteiger partial charge < -0.3 is 4.90 Å². The van der Waals surface area contributed by atoms with Gasteiger partial charge in [-0.3, -0.25) is 4.79 Å². The van der Waals surface area contributed by atoms with Crippen molar-refractivity contribution >= 4 is 27.5 Å². The summed E-state index contributed by atoms with van der Waals surface area (Å²) in [6, 6.07) is 6.28. The first kappa shape index (κ1) is 17.5. The van der Waals surface area contributed by atoms with Crippen LogP contribution in [0.25, 0.3) is 0 Å². The molecule has 0 aromatic heterocycles. The molecule has 0 N–H and O–H groups in total. The van der Waals surface area contributed by atoms with Crippen molar-refractivity contribution in [2.75, 3.05) is 26.2 Å². The summed E-state index contributed by atoms with van der Waals surface area (Å²) in [5.41, 5.74) is 0. The Balaban J connectivity index is 1.60. The minimum absolute atomic E-state index is 0.117. The fourth-order valence-electron chi connectivity index (χ4n) is 3.17. The Morgan fingerprint density at radius 3 is 2.58 bits per heavy atom. The first-order valence-corrected chi connectivity index (χ1v) is 9.99. The summed E-state index contributed by atoms with van der Waals surface area (Å²) in [7, 11) is -3.56. The highest BCUT2D eigenvalue weighted by molar-refractivity contribution is 7.89. The van der Waals surface area contributed by atoms with Crippen molar-refractivity contribution in [3.05, 3.63) is 41.4 Å². The summed E-state index contributed by atoms with van der Waals surface area (Å²) >= 11 is 5.89. The fourth-order valence-corrected chi connectivity index (χ4v) is 4.90. The second kappa shape index (κ2) is 7.25. The van der Waals surface area contributed by atoms with Crippen LogP contribution in [0.5, 0.6) is 0 Å². The van der Waals surface area contributed by atoms with E-state index in [4.69, 9.17) is 11.6 Å². The molecule has 1 heterocycles. The number of hydrogen-bond donors (Lipinski definition) is 0. The summed E-state index contributed by atoms with van der Waals surface area (Å²) < 4.78 is 26.7. The highest BCUT2D eigenvalue weighted by Crippen LogP contribution is 2.23. The van der Waals surface area contributed by atoms with Crippen LogP contribution in [0, 0.1) is 5.92 Å². The van der Waals surface area contributed by atoms with E-state index in [1.807, 2.05) is 0 Å². The van der Waals surface area contributed by atoms with Crippen LogP contribution >= 0.6 is 11.6 Å². The lowest BCUT2D eigenvalue weighted by Gasteiger charge is -2.34. The van der Waals surface area contributed by atoms with Gasteiger partial charge in [-0.25, -0.2) is 8.42 Å². The van der Waals surface area contributed by atoms with Crippen LogP contribution in [-0.4, -0.2) is 49.7 Å². The van der Waals surface area contributed by atoms with E-state index in [0.29, 0.717) is 43.5 Å². The van der Waals surface area contributed by atoms with Gasteiger partial charge in [0.15, 0.2) is 0 Å². The maximum absolute atomic E-state index is 12.6. The van der Waals surface area contributed by atoms with Crippen LogP contribution in [0.15, 0.2) is 41.3 Å². The highest BCUT2D eigenvalue weighted by Gasteiger charge is 2.30. The predicted octanol–water partition coefficient (Wildman–Crippen LogP) is 2.53. The molecule has 1 aromatic rings. The van der Waals surface area contributed by atoms with Crippen molar-refractivity contribution in [1.82, 2.24) is 9.21 Å². The number of rotatable bonds is 4. The Hall–Kier alpha value is -1.37. The van der Waals surface area contributed by atoms with Crippen molar-refractivity contribution in [3.63, 3.8) is 0 Å². The number of piperazine rings is 1. The monoisotopic (exact) mass is 368 g/mol. The van der Waals surface area contributed by atoms with Crippen LogP contribution in [0.2, 0.25) is 5.02 Å². The molecule has 1 unspecified atom stereocenters. The van der Waals surface area contributed by atoms with Gasteiger partial charge in [-0.05, 0) is 37.0 Å². The maximum atomic E-state index is 12.6. The predicted molar refractivity (Wildman–Crippen MR) is 93.3 cm³/mol. The third-order valence-corrected chi connectivity index (χ3v) is 6.70. The molecule has 3 rings (SSSR count). The van der Waals surface area contributed by atoms with Crippen molar-refractivity contribution in [2.45, 2.75) is 24.2 Å². The average Bonchev–Trinajstić information content (AvgIpc) is 3.08. The van der Waals surface area contributed by atoms with Crippen LogP contribution in [0.1, 0.15) is 19.3 Å². The summed E-state index contributed by atoms with van der Waals surface area (Å²) in [6.45, 7) is 1.52. The normalized spacial score (nSPS) is 22.0. The van der Waals surface area contributed by atoms with E-state index in [1.165, 1.54) is 10.4 Å². The smallest absolute Gasteiger partial charge is 0.243 e. The number of sulfonamides is 1. The van der Waals surface area contributed by atoms with Gasteiger partial charge in [-0.1, -0.05) is 29.8 Å². The third kappa shape index (κ3) is 3.82. The molecule has 1 amide bonds. The molecule has 7 heteroatoms. The van der Waals surface area contributed by atoms with E-state index in [1.54, 1.807) is 23.1 Å². The Labute approximate surface area is 147 Å². The van der Waals surface area contributed by atoms with Gasteiger partial charge in [0.2, 0.25) is 15.9 Å². The molecule has 130 valence electrons. The summed E-state index contributed by atoms with van der Waals surface area (Å²) in [4.78, 5) is 14.3. The van der Waals surface area contributed by atoms with Crippen molar-refractivity contribution in [2.24, 2.45) is 5.92 Å². The maximum Gasteiger partial charge on any atom is 0.243 e. The van der Waals surface area contributed by atoms with Gasteiger partial charge in [0, 0.05) is 37.6 Å². The zero-order chi connectivity index (χ0) is 17.2. The van der Waals surface area contributed by atoms with Crippen LogP contribution in [-0.2, 0) is 14.8 Å². The Bertz CT molecular complexity index is 740. The molecule has 1 saturated heterocycles. The molecule has 0 saturated carbocycles. The number of carbonyl (C=O) groups excluding carboxylic acids is 1. The molecule has 5 nitrogen and oxygen atoms in total. The van der Waals surface area contributed by atoms with Crippen molar-refractivity contribution < 1.29 is 13.2 Å². The second-order valence-electron chi connectivity index (χ2n) is 6.21. The van der Waals surface area contributed by atoms with E-state index < -0.39 is 10.0 Å². The molecule has 0 bridgehead atoms. The SMILES string of the molecule is O=C(CC1C=CCC1)N1CCN(S(=O)(=O)c2cccc(Cl)c2)CC1. The molecular formula is C17H21ClN2O3S. The van der Waals surface area contributed by atoms with Gasteiger partial charge >= 0.3 is 0 Å². The van der Waals surface area contributed by atoms with Crippen molar-refractivity contribution in [3.8, 4) is 0 Å². The van der Waals surface area contributed by atoms with Crippen LogP contribution in [0.3, 0.4) is 0 Å². The highest BCUT2D eigenvalue weighted by atomic mass is 35.5. The number of hydrogen-bond acceptors (Lipinski definition) is 3. The lowest BCUT2D eigenvalue weighted by atomic mass is 10.0. The van der Waals surface area contributed by atoms with Gasteiger partial charge in [0.25, 0.3) is 0 Å². The first-order valence-electron chi connectivity index (χ1n) is 8.17. The second-order valence-corrected chi connectivity index (χ2v) is 8.59. The van der Waals surface area contributed by atoms with E-state index in [9.17, 15) is 13.2 Å². The van der Waals surface area contributed by atoms with Crippen LogP contribution < -0.4 is 0 Å². The number of carbonyl (C=O) groups is 1. The molecule has 1 aliphatic heterocycles. The minimum atomic E-state index is -3.56. The number of halogens is 1. The number of nitrogens with zero attached hydrogens (tertiary/aromatic N) is 2. The number of benzene rings is 1. The van der Waals surface area contributed by atoms with Crippen molar-refractivity contribution in [1.29, 1.82) is 0 Å². The largest absolute Gasteiger partial charge is 0.340 e. The molecule has 0 radical (unpaired) electrons. The molecule has 1 aromatic carbocycles. The van der Waals surface area contributed by atoms with E-state index in [-0.39, 0.29) is 10.8 Å². The quantitative estimate of drug-likeness (QED) is 0.767. The summed E-state index contributed by atoms with van der Waals surface area (Å²) in [5, 5.41) is 0.398. The van der Waals surface area contributed by atoms with E-state index >= 15 is 0 Å². The lowest BCUT2D eigenvalue weighted by Crippen LogP contribution is -2.50. The molecule has 0 spiro atoms. The van der Waals surface area contributed by atoms with Gasteiger partial charge in [-0.15, -0.1) is 0 Å². The van der Waals surface area contributed by atoms with E-state index in [2.05, 4.69) is 12.2 Å². The first-order chi connectivity index (χ1) is 11.5. The Morgan fingerprint density at radius 2 is 1.96 bits per heavy atom. The fraction of sp³-hybridized carbons (Fsp3) is 0.471. The minimum Gasteiger partial charge on any atom is -0.340 e. The van der Waals surface area contributed by atoms with Crippen LogP contribution in [0.4, 0.5) is 0 Å². The van der Waals surface area contributed by atoms with Gasteiger partial charge in [0.1, 0.15) is 0 Å². The molecule has 1 fully saturated rings. The number of amides is 1. The summed E-state index contributed by atoms with van der Waals surface area (Å²) in [5.74, 6) is 0.456. The third-order valence-electron chi connectivity index (χ3n) is 4.57. The van der Waals surface area contributed by atoms with Gasteiger partial charge in [0.05, 0.1) is 4.90 Å². The van der Waals surface area contributed by atoms with Gasteiger partial charge in [-0.2, -0.15) is 4.31 Å². The van der Waals surface area contributed by atoms with E-state index in [0.717, 1.165) is 12.8 Å². The zero-order valence-electron chi connectivity index (χ0n) is 13.4. The molecule has 2 aliphatic rings. The molecule has 1 atom stereocenters. The summed E-state index contributed by atoms with van der Waals surface area (Å²) in [6.07, 6.45) is 6.83. The average molecular weight is 369 g/mol.